The lowest BCUT2D eigenvalue weighted by Crippen LogP contribution is -2.46. The van der Waals surface area contributed by atoms with Crippen LogP contribution in [-0.4, -0.2) is 129 Å². The zero-order valence-corrected chi connectivity index (χ0v) is 33.4. The number of nitrogen functional groups attached to an aromatic ring is 1. The van der Waals surface area contributed by atoms with Crippen LogP contribution in [0.4, 0.5) is 5.82 Å². The number of nitrogens with one attached hydrogen (secondary N) is 2. The number of aromatic nitrogens is 4. The smallest absolute Gasteiger partial charge is 0.386 e. The molecule has 3 unspecified atom stereocenters. The normalized spacial score (nSPS) is 24.6. The second-order valence-corrected chi connectivity index (χ2v) is 18.9. The van der Waals surface area contributed by atoms with Crippen molar-refractivity contribution in [3.63, 3.8) is 0 Å². The number of thioether (sulfide) groups is 1. The number of ketones is 1. The molecule has 1 aliphatic carbocycles. The molecule has 2 aliphatic rings. The topological polar surface area (TPSA) is 364 Å². The van der Waals surface area contributed by atoms with Crippen LogP contribution in [0, 0.1) is 5.41 Å². The Morgan fingerprint density at radius 2 is 1.80 bits per heavy atom. The van der Waals surface area contributed by atoms with E-state index < -0.39 is 78.6 Å². The molecule has 1 fully saturated rings. The summed E-state index contributed by atoms with van der Waals surface area (Å²) in [6, 6.07) is 0. The zero-order valence-electron chi connectivity index (χ0n) is 29.9. The number of hydrogen-bond donors (Lipinski definition) is 9. The van der Waals surface area contributed by atoms with Crippen molar-refractivity contribution in [2.75, 3.05) is 37.8 Å². The van der Waals surface area contributed by atoms with Crippen LogP contribution >= 0.6 is 35.2 Å². The van der Waals surface area contributed by atoms with Crippen molar-refractivity contribution in [2.45, 2.75) is 75.4 Å². The number of hydrogen-bond acceptors (Lipinski definition) is 18. The van der Waals surface area contributed by atoms with Crippen LogP contribution < -0.4 is 16.4 Å². The fraction of sp³-hybridized carbons (Fsp3) is 0.643. The number of amides is 2. The zero-order chi connectivity index (χ0) is 41.5. The van der Waals surface area contributed by atoms with Gasteiger partial charge in [0, 0.05) is 48.8 Å². The predicted molar refractivity (Wildman–Crippen MR) is 194 cm³/mol. The van der Waals surface area contributed by atoms with Crippen molar-refractivity contribution in [3.8, 4) is 0 Å². The number of allylic oxidation sites excluding steroid dienone is 2. The first-order chi connectivity index (χ1) is 26.1. The van der Waals surface area contributed by atoms with Crippen LogP contribution in [0.25, 0.3) is 11.2 Å². The van der Waals surface area contributed by atoms with Crippen LogP contribution in [0.5, 0.6) is 0 Å². The number of Topliss-reactive ketones (excluding diaryl/α,β-unsaturated/α-hetero) is 1. The van der Waals surface area contributed by atoms with E-state index in [0.717, 1.165) is 23.6 Å². The number of rotatable bonds is 20. The predicted octanol–water partition coefficient (Wildman–Crippen LogP) is -0.184. The van der Waals surface area contributed by atoms with Gasteiger partial charge in [0.1, 0.15) is 42.0 Å². The molecule has 1 aliphatic heterocycles. The maximum atomic E-state index is 12.7. The minimum Gasteiger partial charge on any atom is -0.386 e. The second-order valence-electron chi connectivity index (χ2n) is 13.2. The summed E-state index contributed by atoms with van der Waals surface area (Å²) in [5, 5.41) is 26.7. The lowest BCUT2D eigenvalue weighted by Gasteiger charge is -2.30. The molecule has 2 aromatic heterocycles. The summed E-state index contributed by atoms with van der Waals surface area (Å²) in [5.74, 6) is -0.624. The second kappa shape index (κ2) is 19.4. The number of fused-ring (bicyclic) bond motifs is 1. The fourth-order valence-electron chi connectivity index (χ4n) is 5.37. The molecule has 10 N–H and O–H groups in total. The highest BCUT2D eigenvalue weighted by molar-refractivity contribution is 7.99. The highest BCUT2D eigenvalue weighted by Crippen LogP contribution is 2.61. The Morgan fingerprint density at radius 3 is 2.52 bits per heavy atom. The molecule has 4 rings (SSSR count). The Morgan fingerprint density at radius 1 is 1.09 bits per heavy atom. The molecule has 0 saturated carbocycles. The summed E-state index contributed by atoms with van der Waals surface area (Å²) < 4.78 is 62.2. The Labute approximate surface area is 323 Å². The minimum absolute atomic E-state index is 0.0331. The van der Waals surface area contributed by atoms with Crippen molar-refractivity contribution in [1.29, 1.82) is 0 Å². The van der Waals surface area contributed by atoms with E-state index in [1.54, 1.807) is 11.8 Å². The largest absolute Gasteiger partial charge is 0.481 e. The van der Waals surface area contributed by atoms with Gasteiger partial charge in [-0.25, -0.2) is 28.6 Å². The molecule has 2 aromatic rings. The van der Waals surface area contributed by atoms with Gasteiger partial charge in [-0.15, -0.1) is 0 Å². The van der Waals surface area contributed by atoms with Gasteiger partial charge in [-0.2, -0.15) is 16.1 Å². The average Bonchev–Trinajstić information content (AvgIpc) is 3.58. The lowest BCUT2D eigenvalue weighted by atomic mass is 9.87. The van der Waals surface area contributed by atoms with E-state index in [1.807, 2.05) is 12.2 Å². The van der Waals surface area contributed by atoms with Gasteiger partial charge in [0.15, 0.2) is 17.7 Å². The third kappa shape index (κ3) is 13.4. The van der Waals surface area contributed by atoms with E-state index in [0.29, 0.717) is 25.1 Å². The van der Waals surface area contributed by atoms with Gasteiger partial charge in [0.25, 0.3) is 0 Å². The maximum Gasteiger partial charge on any atom is 0.481 e. The monoisotopic (exact) mass is 875 g/mol. The Balaban J connectivity index is 1.23. The lowest BCUT2D eigenvalue weighted by molar-refractivity contribution is -0.137. The number of phosphoric ester groups is 3. The molecule has 56 heavy (non-hydrogen) atoms. The minimum atomic E-state index is -5.56. The summed E-state index contributed by atoms with van der Waals surface area (Å²) in [6.07, 6.45) is -1.35. The first-order valence-corrected chi connectivity index (χ1v) is 22.3. The van der Waals surface area contributed by atoms with Crippen molar-refractivity contribution in [1.82, 2.24) is 30.2 Å². The number of ether oxygens (including phenoxy) is 1. The molecule has 0 spiro atoms. The molecule has 24 nitrogen and oxygen atoms in total. The van der Waals surface area contributed by atoms with Gasteiger partial charge in [0.05, 0.1) is 19.5 Å². The maximum absolute atomic E-state index is 12.7. The van der Waals surface area contributed by atoms with Gasteiger partial charge in [-0.1, -0.05) is 26.0 Å². The highest BCUT2D eigenvalue weighted by atomic mass is 32.2. The Kier molecular flexibility index (Phi) is 15.9. The number of nitrogens with two attached hydrogens (primary N) is 1. The highest BCUT2D eigenvalue weighted by Gasteiger charge is 2.50. The number of imidazole rings is 1. The number of phosphoric acid groups is 3. The van der Waals surface area contributed by atoms with Gasteiger partial charge in [-0.05, 0) is 6.42 Å². The van der Waals surface area contributed by atoms with Gasteiger partial charge >= 0.3 is 23.5 Å². The van der Waals surface area contributed by atoms with E-state index in [1.165, 1.54) is 13.8 Å². The van der Waals surface area contributed by atoms with Crippen molar-refractivity contribution >= 4 is 69.8 Å². The first-order valence-electron chi connectivity index (χ1n) is 16.7. The molecule has 8 atom stereocenters. The number of nitrogens with zero attached hydrogens (tertiary/aromatic N) is 4. The number of anilines is 1. The molecule has 0 bridgehead atoms. The molecule has 0 radical (unpaired) electrons. The van der Waals surface area contributed by atoms with Crippen LogP contribution in [-0.2, 0) is 50.7 Å². The Hall–Kier alpha value is -2.70. The summed E-state index contributed by atoms with van der Waals surface area (Å²) in [6.45, 7) is 0.702. The van der Waals surface area contributed by atoms with E-state index in [2.05, 4.69) is 34.4 Å². The number of carbonyl (C=O) groups is 3. The van der Waals surface area contributed by atoms with E-state index in [9.17, 15) is 57.9 Å². The van der Waals surface area contributed by atoms with Crippen LogP contribution in [0.3, 0.4) is 0 Å². The van der Waals surface area contributed by atoms with Crippen LogP contribution in [0.15, 0.2) is 24.8 Å². The Bertz CT molecular complexity index is 1900. The molecule has 28 heteroatoms. The van der Waals surface area contributed by atoms with Crippen LogP contribution in [0.2, 0.25) is 0 Å². The summed E-state index contributed by atoms with van der Waals surface area (Å²) in [7, 11) is -16.4. The molecular weight excluding hydrogens is 831 g/mol. The van der Waals surface area contributed by atoms with Gasteiger partial charge in [-0.3, -0.25) is 32.5 Å². The average molecular weight is 876 g/mol. The van der Waals surface area contributed by atoms with Gasteiger partial charge in [0.2, 0.25) is 11.8 Å². The molecule has 2 amide bonds. The molecule has 0 aromatic carbocycles. The molecule has 3 heterocycles. The molecule has 1 saturated heterocycles. The summed E-state index contributed by atoms with van der Waals surface area (Å²) in [5.41, 5.74) is 4.28. The number of aliphatic hydroxyl groups is 2. The van der Waals surface area contributed by atoms with Gasteiger partial charge < -0.3 is 50.9 Å². The summed E-state index contributed by atoms with van der Waals surface area (Å²) in [4.78, 5) is 87.5. The summed E-state index contributed by atoms with van der Waals surface area (Å²) >= 11 is 1.58. The van der Waals surface area contributed by atoms with Crippen molar-refractivity contribution in [3.05, 3.63) is 24.8 Å². The first kappa shape index (κ1) is 46.0. The van der Waals surface area contributed by atoms with E-state index in [-0.39, 0.29) is 46.9 Å². The third-order valence-corrected chi connectivity index (χ3v) is 12.6. The molecule has 314 valence electrons. The van der Waals surface area contributed by atoms with Crippen molar-refractivity contribution < 1.29 is 80.5 Å². The van der Waals surface area contributed by atoms with Crippen LogP contribution in [0.1, 0.15) is 45.8 Å². The third-order valence-electron chi connectivity index (χ3n) is 8.22. The quantitative estimate of drug-likeness (QED) is 0.0473. The van der Waals surface area contributed by atoms with E-state index >= 15 is 0 Å². The van der Waals surface area contributed by atoms with E-state index in [4.69, 9.17) is 19.5 Å². The molecular formula is C28H44N7O17P3S. The number of carbonyl (C=O) groups excluding carboxylic acids is 3. The SMILES string of the molecule is CC(C)(COP(=O)(O)OP(=O)(O)OC[C@H]1O[C@@H](n2cnc3c(N)ncnc32)[C@H](O)[C@@H]1OP(=O)(O)O)[C@@H](O)C(=O)NCCC(=O)NCCSC1CC=CCC(=O)C1. The fourth-order valence-corrected chi connectivity index (χ4v) is 9.30. The van der Waals surface area contributed by atoms with Crippen molar-refractivity contribution in [2.24, 2.45) is 5.41 Å². The standard InChI is InChI=1S/C28H44N7O17P3S/c1-28(2,23(39)26(40)31-8-7-19(37)30-9-10-56-17-6-4-3-5-16(36)11-17)13-49-55(46,47)52-54(44,45)48-12-18-22(51-53(41,42)43)21(38)27(50-18)35-15-34-20-24(29)32-14-33-25(20)35/h3-4,14-15,17-18,21-23,27,38-39H,5-13H2,1-2H3,(H,30,37)(H,31,40)(H,44,45)(H,46,47)(H2,29,32,33)(H2,41,42,43)/t17?,18-,21-,22-,23+,27-/m1/s1. The number of aliphatic hydroxyl groups excluding tert-OH is 2.